The third-order valence-corrected chi connectivity index (χ3v) is 3.34. The van der Waals surface area contributed by atoms with Crippen molar-refractivity contribution in [3.05, 3.63) is 47.5 Å². The van der Waals surface area contributed by atoms with Crippen molar-refractivity contribution in [3.8, 4) is 11.5 Å². The normalized spacial score (nSPS) is 10.6. The first-order chi connectivity index (χ1) is 12.5. The van der Waals surface area contributed by atoms with Gasteiger partial charge in [0.1, 0.15) is 6.42 Å². The third-order valence-electron chi connectivity index (χ3n) is 3.15. The molecule has 0 spiro atoms. The van der Waals surface area contributed by atoms with Crippen molar-refractivity contribution in [2.45, 2.75) is 13.3 Å². The Morgan fingerprint density at radius 1 is 1.38 bits per heavy atom. The number of nitrogens with zero attached hydrogens (tertiary/aromatic N) is 4. The smallest absolute Gasteiger partial charge is 0.315 e. The number of aromatic nitrogens is 4. The van der Waals surface area contributed by atoms with Crippen molar-refractivity contribution in [3.63, 3.8) is 0 Å². The van der Waals surface area contributed by atoms with Crippen LogP contribution >= 0.6 is 11.6 Å². The van der Waals surface area contributed by atoms with Crippen molar-refractivity contribution < 1.29 is 18.3 Å². The van der Waals surface area contributed by atoms with Gasteiger partial charge in [0.15, 0.2) is 11.6 Å². The lowest BCUT2D eigenvalue weighted by Crippen LogP contribution is -2.07. The van der Waals surface area contributed by atoms with E-state index < -0.39 is 11.8 Å². The van der Waals surface area contributed by atoms with Gasteiger partial charge in [0.25, 0.3) is 0 Å². The lowest BCUT2D eigenvalue weighted by molar-refractivity contribution is -0.142. The number of hydrogen-bond acceptors (Lipinski definition) is 8. The number of carbonyl (C=O) groups is 1. The van der Waals surface area contributed by atoms with E-state index in [0.717, 1.165) is 6.20 Å². The van der Waals surface area contributed by atoms with Crippen LogP contribution in [0.4, 0.5) is 15.9 Å². The Labute approximate surface area is 152 Å². The monoisotopic (exact) mass is 377 g/mol. The van der Waals surface area contributed by atoms with Crippen LogP contribution in [0.15, 0.2) is 34.9 Å². The lowest BCUT2D eigenvalue weighted by Gasteiger charge is -2.07. The van der Waals surface area contributed by atoms with Crippen molar-refractivity contribution in [1.82, 2.24) is 20.2 Å². The number of halogens is 2. The van der Waals surface area contributed by atoms with E-state index in [1.54, 1.807) is 31.2 Å². The van der Waals surface area contributed by atoms with Crippen LogP contribution in [0.2, 0.25) is 5.28 Å². The Balaban J connectivity index is 1.78. The molecule has 0 aliphatic carbocycles. The molecular formula is C16H13ClFN5O3. The van der Waals surface area contributed by atoms with Gasteiger partial charge in [0.2, 0.25) is 17.1 Å². The molecule has 0 amide bonds. The van der Waals surface area contributed by atoms with Crippen LogP contribution in [0.25, 0.3) is 11.5 Å². The molecule has 134 valence electrons. The van der Waals surface area contributed by atoms with E-state index in [0.29, 0.717) is 11.3 Å². The number of anilines is 2. The van der Waals surface area contributed by atoms with Gasteiger partial charge in [-0.25, -0.2) is 9.37 Å². The molecule has 0 fully saturated rings. The van der Waals surface area contributed by atoms with E-state index in [9.17, 15) is 9.18 Å². The number of esters is 1. The van der Waals surface area contributed by atoms with Crippen LogP contribution in [-0.2, 0) is 16.0 Å². The molecule has 0 saturated heterocycles. The molecule has 3 aromatic rings. The molecule has 0 saturated carbocycles. The summed E-state index contributed by atoms with van der Waals surface area (Å²) < 4.78 is 24.0. The van der Waals surface area contributed by atoms with Crippen LogP contribution in [0.1, 0.15) is 12.8 Å². The van der Waals surface area contributed by atoms with Gasteiger partial charge in [-0.05, 0) is 36.7 Å². The van der Waals surface area contributed by atoms with Crippen LogP contribution < -0.4 is 5.32 Å². The van der Waals surface area contributed by atoms with Crippen molar-refractivity contribution >= 4 is 29.1 Å². The van der Waals surface area contributed by atoms with Crippen molar-refractivity contribution in [1.29, 1.82) is 0 Å². The molecule has 1 aromatic carbocycles. The molecule has 0 aliphatic heterocycles. The molecule has 10 heteroatoms. The summed E-state index contributed by atoms with van der Waals surface area (Å²) in [6.07, 6.45) is 0.866. The number of ether oxygens (including phenoxy) is 1. The minimum Gasteiger partial charge on any atom is -0.466 e. The second-order valence-electron chi connectivity index (χ2n) is 5.02. The zero-order chi connectivity index (χ0) is 18.5. The van der Waals surface area contributed by atoms with Crippen LogP contribution in [0.3, 0.4) is 0 Å². The Morgan fingerprint density at radius 3 is 3.04 bits per heavy atom. The first kappa shape index (κ1) is 17.7. The molecule has 8 nitrogen and oxygen atoms in total. The molecule has 0 atom stereocenters. The highest BCUT2D eigenvalue weighted by molar-refractivity contribution is 6.28. The summed E-state index contributed by atoms with van der Waals surface area (Å²) in [6, 6.07) is 6.82. The minimum absolute atomic E-state index is 0.0596. The van der Waals surface area contributed by atoms with Crippen molar-refractivity contribution in [2.24, 2.45) is 0 Å². The van der Waals surface area contributed by atoms with E-state index >= 15 is 0 Å². The molecule has 0 bridgehead atoms. The summed E-state index contributed by atoms with van der Waals surface area (Å²) in [4.78, 5) is 18.8. The fourth-order valence-corrected chi connectivity index (χ4v) is 2.21. The molecular weight excluding hydrogens is 365 g/mol. The summed E-state index contributed by atoms with van der Waals surface area (Å²) >= 11 is 5.68. The largest absolute Gasteiger partial charge is 0.466 e. The average Bonchev–Trinajstić information content (AvgIpc) is 3.07. The quantitative estimate of drug-likeness (QED) is 0.516. The summed E-state index contributed by atoms with van der Waals surface area (Å²) in [5.41, 5.74) is 1.11. The van der Waals surface area contributed by atoms with E-state index in [1.807, 2.05) is 0 Å². The maximum absolute atomic E-state index is 13.7. The van der Waals surface area contributed by atoms with Gasteiger partial charge in [-0.15, -0.1) is 10.2 Å². The predicted octanol–water partition coefficient (Wildman–Crippen LogP) is 3.17. The van der Waals surface area contributed by atoms with E-state index in [2.05, 4.69) is 25.5 Å². The van der Waals surface area contributed by atoms with E-state index in [4.69, 9.17) is 20.8 Å². The molecule has 2 aromatic heterocycles. The maximum Gasteiger partial charge on any atom is 0.315 e. The van der Waals surface area contributed by atoms with Crippen LogP contribution in [0.5, 0.6) is 0 Å². The lowest BCUT2D eigenvalue weighted by atomic mass is 10.2. The highest BCUT2D eigenvalue weighted by Crippen LogP contribution is 2.24. The van der Waals surface area contributed by atoms with Crippen LogP contribution in [-0.4, -0.2) is 32.7 Å². The molecule has 1 N–H and O–H groups in total. The number of benzene rings is 1. The first-order valence-corrected chi connectivity index (χ1v) is 7.96. The van der Waals surface area contributed by atoms with Gasteiger partial charge in [-0.3, -0.25) is 4.79 Å². The van der Waals surface area contributed by atoms with Gasteiger partial charge in [-0.2, -0.15) is 4.98 Å². The fourth-order valence-electron chi connectivity index (χ4n) is 2.08. The Morgan fingerprint density at radius 2 is 2.23 bits per heavy atom. The fraction of sp³-hybridized carbons (Fsp3) is 0.188. The Bertz CT molecular complexity index is 934. The van der Waals surface area contributed by atoms with Crippen molar-refractivity contribution in [2.75, 3.05) is 11.9 Å². The number of nitrogens with one attached hydrogen (secondary N) is 1. The zero-order valence-electron chi connectivity index (χ0n) is 13.6. The molecule has 0 aliphatic rings. The highest BCUT2D eigenvalue weighted by Gasteiger charge is 2.14. The van der Waals surface area contributed by atoms with E-state index in [1.165, 1.54) is 0 Å². The third kappa shape index (κ3) is 4.31. The molecule has 2 heterocycles. The SMILES string of the molecule is CCOC(=O)Cc1nnc(-c2cccc(Nc3nc(Cl)ncc3F)c2)o1. The number of rotatable bonds is 6. The average molecular weight is 378 g/mol. The predicted molar refractivity (Wildman–Crippen MR) is 90.4 cm³/mol. The standard InChI is InChI=1S/C16H13ClFN5O3/c1-2-25-13(24)7-12-22-23-15(26-12)9-4-3-5-10(6-9)20-14-11(18)8-19-16(17)21-14/h3-6,8H,2,7H2,1H3,(H,19,20,21). The number of carbonyl (C=O) groups excluding carboxylic acids is 1. The first-order valence-electron chi connectivity index (χ1n) is 7.58. The topological polar surface area (TPSA) is 103 Å². The van der Waals surface area contributed by atoms with E-state index in [-0.39, 0.29) is 35.9 Å². The molecule has 0 unspecified atom stereocenters. The molecule has 0 radical (unpaired) electrons. The second-order valence-corrected chi connectivity index (χ2v) is 5.36. The summed E-state index contributed by atoms with van der Waals surface area (Å²) in [5, 5.41) is 10.5. The Hall–Kier alpha value is -3.07. The van der Waals surface area contributed by atoms with Crippen LogP contribution in [0, 0.1) is 5.82 Å². The molecule has 26 heavy (non-hydrogen) atoms. The number of hydrogen-bond donors (Lipinski definition) is 1. The van der Waals surface area contributed by atoms with Gasteiger partial charge >= 0.3 is 5.97 Å². The van der Waals surface area contributed by atoms with Gasteiger partial charge in [0.05, 0.1) is 12.8 Å². The molecule has 3 rings (SSSR count). The van der Waals surface area contributed by atoms with Gasteiger partial charge in [0, 0.05) is 11.3 Å². The zero-order valence-corrected chi connectivity index (χ0v) is 14.3. The summed E-state index contributed by atoms with van der Waals surface area (Å²) in [7, 11) is 0. The minimum atomic E-state index is -0.644. The summed E-state index contributed by atoms with van der Waals surface area (Å²) in [6.45, 7) is 1.99. The van der Waals surface area contributed by atoms with Gasteiger partial charge < -0.3 is 14.5 Å². The maximum atomic E-state index is 13.7. The van der Waals surface area contributed by atoms with Gasteiger partial charge in [-0.1, -0.05) is 6.07 Å². The Kier molecular flexibility index (Phi) is 5.37. The highest BCUT2D eigenvalue weighted by atomic mass is 35.5. The summed E-state index contributed by atoms with van der Waals surface area (Å²) in [5.74, 6) is -0.793. The second kappa shape index (κ2) is 7.87.